The van der Waals surface area contributed by atoms with Crippen LogP contribution < -0.4 is 0 Å². The van der Waals surface area contributed by atoms with Gasteiger partial charge in [-0.25, -0.2) is 19.9 Å². The normalized spacial score (nSPS) is 11.8. The molecule has 0 bridgehead atoms. The Balaban J connectivity index is 1.07. The minimum atomic E-state index is 0.663. The Morgan fingerprint density at radius 1 is 0.340 bits per heavy atom. The topological polar surface area (TPSA) is 51.6 Å². The van der Waals surface area contributed by atoms with Gasteiger partial charge in [-0.2, -0.15) is 0 Å². The maximum absolute atomic E-state index is 5.26. The molecule has 0 radical (unpaired) electrons. The Labute approximate surface area is 316 Å². The highest BCUT2D eigenvalue weighted by Crippen LogP contribution is 2.43. The lowest BCUT2D eigenvalue weighted by Gasteiger charge is -2.10. The monoisotopic (exact) mass is 730 g/mol. The minimum Gasteiger partial charge on any atom is -0.236 e. The standard InChI is InChI=1S/C46H26N4S3/c1-2-11-27(12-3-1)43-48-44(33-17-10-22-40-41(33)32-15-4-6-20-37(32)51-40)50-45(49-43)34-18-9-16-31-35-26-29(23-24-38(35)52-42(31)34)28-13-8-14-30(25-28)46-47-36-19-5-7-21-39(36)53-46/h1-26H. The molecule has 0 spiro atoms. The van der Waals surface area contributed by atoms with Crippen molar-refractivity contribution in [3.05, 3.63) is 158 Å². The molecule has 0 N–H and O–H groups in total. The van der Waals surface area contributed by atoms with E-state index in [4.69, 9.17) is 19.9 Å². The van der Waals surface area contributed by atoms with E-state index in [2.05, 4.69) is 133 Å². The predicted molar refractivity (Wildman–Crippen MR) is 226 cm³/mol. The third-order valence-electron chi connectivity index (χ3n) is 9.79. The van der Waals surface area contributed by atoms with Crippen LogP contribution in [0.2, 0.25) is 0 Å². The van der Waals surface area contributed by atoms with Crippen molar-refractivity contribution in [2.45, 2.75) is 0 Å². The van der Waals surface area contributed by atoms with Gasteiger partial charge in [0.1, 0.15) is 5.01 Å². The van der Waals surface area contributed by atoms with Crippen LogP contribution in [0.3, 0.4) is 0 Å². The summed E-state index contributed by atoms with van der Waals surface area (Å²) < 4.78 is 6.07. The van der Waals surface area contributed by atoms with E-state index in [-0.39, 0.29) is 0 Å². The number of rotatable bonds is 5. The molecule has 7 heteroatoms. The summed E-state index contributed by atoms with van der Waals surface area (Å²) in [6.45, 7) is 0. The van der Waals surface area contributed by atoms with Crippen LogP contribution in [0.1, 0.15) is 0 Å². The van der Waals surface area contributed by atoms with Gasteiger partial charge in [0.05, 0.1) is 10.2 Å². The van der Waals surface area contributed by atoms with Crippen LogP contribution in [0.5, 0.6) is 0 Å². The van der Waals surface area contributed by atoms with Gasteiger partial charge in [0.15, 0.2) is 17.5 Å². The highest BCUT2D eigenvalue weighted by molar-refractivity contribution is 7.26. The van der Waals surface area contributed by atoms with E-state index in [1.807, 2.05) is 24.3 Å². The van der Waals surface area contributed by atoms with Crippen molar-refractivity contribution in [1.82, 2.24) is 19.9 Å². The molecule has 0 aliphatic heterocycles. The highest BCUT2D eigenvalue weighted by Gasteiger charge is 2.19. The fourth-order valence-electron chi connectivity index (χ4n) is 7.28. The first-order chi connectivity index (χ1) is 26.2. The molecule has 0 atom stereocenters. The molecular formula is C46H26N4S3. The van der Waals surface area contributed by atoms with Crippen LogP contribution in [-0.4, -0.2) is 19.9 Å². The van der Waals surface area contributed by atoms with Crippen molar-refractivity contribution < 1.29 is 0 Å². The number of thiophene rings is 2. The summed E-state index contributed by atoms with van der Waals surface area (Å²) >= 11 is 5.33. The maximum atomic E-state index is 5.26. The fraction of sp³-hybridized carbons (Fsp3) is 0. The molecule has 11 rings (SSSR count). The molecule has 0 saturated heterocycles. The van der Waals surface area contributed by atoms with Crippen molar-refractivity contribution in [3.63, 3.8) is 0 Å². The molecule has 0 aliphatic rings. The van der Waals surface area contributed by atoms with Gasteiger partial charge in [-0.3, -0.25) is 0 Å². The molecule has 0 unspecified atom stereocenters. The van der Waals surface area contributed by atoms with E-state index in [9.17, 15) is 0 Å². The SMILES string of the molecule is c1ccc(-c2nc(-c3cccc4c3sc3ccc(-c5cccc(-c6nc7ccccc7s6)c5)cc34)nc(-c3cccc4sc5ccccc5c34)n2)cc1. The molecule has 4 heterocycles. The Morgan fingerprint density at radius 3 is 1.89 bits per heavy atom. The largest absolute Gasteiger partial charge is 0.236 e. The highest BCUT2D eigenvalue weighted by atomic mass is 32.1. The summed E-state index contributed by atoms with van der Waals surface area (Å²) in [6, 6.07) is 55.6. The zero-order valence-electron chi connectivity index (χ0n) is 28.0. The number of nitrogens with zero attached hydrogens (tertiary/aromatic N) is 4. The van der Waals surface area contributed by atoms with Gasteiger partial charge >= 0.3 is 0 Å². The number of hydrogen-bond donors (Lipinski definition) is 0. The fourth-order valence-corrected chi connectivity index (χ4v) is 10.6. The lowest BCUT2D eigenvalue weighted by molar-refractivity contribution is 1.08. The van der Waals surface area contributed by atoms with Crippen molar-refractivity contribution in [2.75, 3.05) is 0 Å². The second-order valence-electron chi connectivity index (χ2n) is 13.0. The quantitative estimate of drug-likeness (QED) is 0.177. The smallest absolute Gasteiger partial charge is 0.165 e. The van der Waals surface area contributed by atoms with Gasteiger partial charge in [-0.1, -0.05) is 109 Å². The lowest BCUT2D eigenvalue weighted by Crippen LogP contribution is -2.00. The molecule has 0 fully saturated rings. The number of benzene rings is 7. The van der Waals surface area contributed by atoms with Crippen molar-refractivity contribution in [3.8, 4) is 55.9 Å². The lowest BCUT2D eigenvalue weighted by atomic mass is 10.0. The van der Waals surface area contributed by atoms with Gasteiger partial charge in [-0.05, 0) is 59.7 Å². The van der Waals surface area contributed by atoms with Crippen molar-refractivity contribution >= 4 is 84.6 Å². The van der Waals surface area contributed by atoms with E-state index in [0.29, 0.717) is 17.5 Å². The molecular weight excluding hydrogens is 705 g/mol. The Kier molecular flexibility index (Phi) is 7.05. The molecule has 0 amide bonds. The van der Waals surface area contributed by atoms with Gasteiger partial charge < -0.3 is 0 Å². The summed E-state index contributed by atoms with van der Waals surface area (Å²) in [6.07, 6.45) is 0. The zero-order valence-corrected chi connectivity index (χ0v) is 30.5. The van der Waals surface area contributed by atoms with E-state index < -0.39 is 0 Å². The van der Waals surface area contributed by atoms with Gasteiger partial charge in [0.2, 0.25) is 0 Å². The Morgan fingerprint density at radius 2 is 0.981 bits per heavy atom. The summed E-state index contributed by atoms with van der Waals surface area (Å²) in [5.41, 5.74) is 7.50. The first-order valence-electron chi connectivity index (χ1n) is 17.4. The van der Waals surface area contributed by atoms with Crippen LogP contribution in [0.15, 0.2) is 158 Å². The maximum Gasteiger partial charge on any atom is 0.165 e. The number of fused-ring (bicyclic) bond motifs is 7. The molecule has 0 aliphatic carbocycles. The summed E-state index contributed by atoms with van der Waals surface area (Å²) in [5.74, 6) is 2.01. The van der Waals surface area contributed by atoms with Crippen LogP contribution in [-0.2, 0) is 0 Å². The Hall–Kier alpha value is -6.12. The number of aromatic nitrogens is 4. The van der Waals surface area contributed by atoms with E-state index >= 15 is 0 Å². The average molecular weight is 731 g/mol. The third-order valence-corrected chi connectivity index (χ3v) is 13.2. The average Bonchev–Trinajstić information content (AvgIpc) is 3.94. The van der Waals surface area contributed by atoms with Gasteiger partial charge in [0, 0.05) is 62.6 Å². The van der Waals surface area contributed by atoms with Crippen LogP contribution in [0.4, 0.5) is 0 Å². The van der Waals surface area contributed by atoms with Crippen LogP contribution in [0, 0.1) is 0 Å². The summed E-state index contributed by atoms with van der Waals surface area (Å²) in [7, 11) is 0. The van der Waals surface area contributed by atoms with E-state index in [1.54, 1.807) is 34.0 Å². The molecule has 11 aromatic rings. The number of hydrogen-bond acceptors (Lipinski definition) is 7. The molecule has 7 aromatic carbocycles. The predicted octanol–water partition coefficient (Wildman–Crippen LogP) is 13.6. The summed E-state index contributed by atoms with van der Waals surface area (Å²) in [5, 5.41) is 5.86. The number of para-hydroxylation sites is 1. The molecule has 4 nitrogen and oxygen atoms in total. The van der Waals surface area contributed by atoms with E-state index in [1.165, 1.54) is 56.2 Å². The second kappa shape index (κ2) is 12.2. The first kappa shape index (κ1) is 30.5. The minimum absolute atomic E-state index is 0.663. The van der Waals surface area contributed by atoms with Crippen LogP contribution >= 0.6 is 34.0 Å². The zero-order chi connectivity index (χ0) is 34.9. The first-order valence-corrected chi connectivity index (χ1v) is 19.8. The van der Waals surface area contributed by atoms with Crippen LogP contribution in [0.25, 0.3) is 106 Å². The van der Waals surface area contributed by atoms with Crippen molar-refractivity contribution in [2.24, 2.45) is 0 Å². The van der Waals surface area contributed by atoms with Gasteiger partial charge in [-0.15, -0.1) is 34.0 Å². The summed E-state index contributed by atoms with van der Waals surface area (Å²) in [4.78, 5) is 20.5. The van der Waals surface area contributed by atoms with Gasteiger partial charge in [0.25, 0.3) is 0 Å². The Bertz CT molecular complexity index is 3160. The molecule has 4 aromatic heterocycles. The number of thiazole rings is 1. The molecule has 53 heavy (non-hydrogen) atoms. The second-order valence-corrected chi connectivity index (χ2v) is 16.2. The molecule has 248 valence electrons. The third kappa shape index (κ3) is 5.16. The van der Waals surface area contributed by atoms with E-state index in [0.717, 1.165) is 32.8 Å². The molecule has 0 saturated carbocycles. The van der Waals surface area contributed by atoms with Crippen molar-refractivity contribution in [1.29, 1.82) is 0 Å².